The van der Waals surface area contributed by atoms with E-state index in [1.54, 1.807) is 0 Å². The SMILES string of the molecule is CC(=O)OC(C)C.S=C1CSC(c2cccc3ccccc23)c2cc(Cl)ccc2N1. The average Bonchev–Trinajstić information content (AvgIpc) is 2.85. The number of benzene rings is 3. The predicted octanol–water partition coefficient (Wildman–Crippen LogP) is 7.03. The second-order valence-corrected chi connectivity index (χ2v) is 9.22. The summed E-state index contributed by atoms with van der Waals surface area (Å²) in [5.41, 5.74) is 3.56. The summed E-state index contributed by atoms with van der Waals surface area (Å²) in [6, 6.07) is 21.0. The molecule has 6 heteroatoms. The van der Waals surface area contributed by atoms with Crippen LogP contribution in [-0.4, -0.2) is 22.8 Å². The van der Waals surface area contributed by atoms with Crippen molar-refractivity contribution in [1.82, 2.24) is 0 Å². The highest BCUT2D eigenvalue weighted by Gasteiger charge is 2.24. The number of esters is 1. The summed E-state index contributed by atoms with van der Waals surface area (Å²) >= 11 is 13.6. The monoisotopic (exact) mass is 457 g/mol. The highest BCUT2D eigenvalue weighted by atomic mass is 35.5. The normalized spacial score (nSPS) is 15.5. The third-order valence-corrected chi connectivity index (χ3v) is 6.42. The van der Waals surface area contributed by atoms with Crippen LogP contribution in [0.25, 0.3) is 10.8 Å². The van der Waals surface area contributed by atoms with E-state index in [-0.39, 0.29) is 17.3 Å². The minimum absolute atomic E-state index is 0.0255. The Kier molecular flexibility index (Phi) is 7.75. The molecule has 0 amide bonds. The molecular formula is C24H24ClNO2S2. The molecule has 1 heterocycles. The van der Waals surface area contributed by atoms with Gasteiger partial charge in [-0.05, 0) is 53.9 Å². The van der Waals surface area contributed by atoms with E-state index in [4.69, 9.17) is 23.8 Å². The van der Waals surface area contributed by atoms with Gasteiger partial charge in [-0.1, -0.05) is 66.3 Å². The van der Waals surface area contributed by atoms with Gasteiger partial charge in [-0.3, -0.25) is 4.79 Å². The van der Waals surface area contributed by atoms with E-state index in [0.29, 0.717) is 0 Å². The molecule has 1 unspecified atom stereocenters. The summed E-state index contributed by atoms with van der Waals surface area (Å²) in [7, 11) is 0. The molecule has 1 aliphatic heterocycles. The van der Waals surface area contributed by atoms with Crippen LogP contribution in [0.15, 0.2) is 60.7 Å². The molecule has 0 aliphatic carbocycles. The van der Waals surface area contributed by atoms with Crippen LogP contribution >= 0.6 is 35.6 Å². The highest BCUT2D eigenvalue weighted by molar-refractivity contribution is 8.01. The first kappa shape index (κ1) is 22.6. The molecule has 156 valence electrons. The van der Waals surface area contributed by atoms with E-state index in [1.165, 1.54) is 28.8 Å². The molecule has 3 aromatic rings. The minimum atomic E-state index is -0.213. The summed E-state index contributed by atoms with van der Waals surface area (Å²) in [5, 5.41) is 6.86. The maximum absolute atomic E-state index is 10.0. The quantitative estimate of drug-likeness (QED) is 0.330. The molecule has 0 bridgehead atoms. The Balaban J connectivity index is 0.000000318. The summed E-state index contributed by atoms with van der Waals surface area (Å²) in [4.78, 5) is 10.9. The average molecular weight is 458 g/mol. The Morgan fingerprint density at radius 2 is 1.87 bits per heavy atom. The number of hydrogen-bond acceptors (Lipinski definition) is 4. The standard InChI is InChI=1S/C19H14ClNS2.C5H10O2/c20-13-8-9-17-16(10-13)19(23-11-18(22)21-17)15-7-3-5-12-4-1-2-6-14(12)15;1-4(2)7-5(3)6/h1-10,19H,11H2,(H,21,22);4H,1-3H3. The van der Waals surface area contributed by atoms with E-state index in [0.717, 1.165) is 21.5 Å². The number of thiocarbonyl (C=S) groups is 1. The summed E-state index contributed by atoms with van der Waals surface area (Å²) < 4.78 is 4.61. The first-order chi connectivity index (χ1) is 14.3. The fourth-order valence-electron chi connectivity index (χ4n) is 3.37. The number of nitrogens with one attached hydrogen (secondary N) is 1. The Morgan fingerprint density at radius 1 is 1.13 bits per heavy atom. The van der Waals surface area contributed by atoms with Gasteiger partial charge in [-0.25, -0.2) is 0 Å². The lowest BCUT2D eigenvalue weighted by Crippen LogP contribution is -2.09. The van der Waals surface area contributed by atoms with Crippen molar-refractivity contribution in [3.8, 4) is 0 Å². The van der Waals surface area contributed by atoms with Crippen molar-refractivity contribution in [3.05, 3.63) is 76.8 Å². The van der Waals surface area contributed by atoms with Crippen molar-refractivity contribution in [2.24, 2.45) is 0 Å². The van der Waals surface area contributed by atoms with Gasteiger partial charge in [-0.2, -0.15) is 0 Å². The van der Waals surface area contributed by atoms with Crippen LogP contribution in [0.3, 0.4) is 0 Å². The van der Waals surface area contributed by atoms with E-state index in [2.05, 4.69) is 58.6 Å². The van der Waals surface area contributed by atoms with Gasteiger partial charge >= 0.3 is 5.97 Å². The maximum Gasteiger partial charge on any atom is 0.302 e. The fraction of sp³-hybridized carbons (Fsp3) is 0.250. The van der Waals surface area contributed by atoms with Crippen LogP contribution < -0.4 is 5.32 Å². The van der Waals surface area contributed by atoms with Gasteiger partial charge in [0, 0.05) is 23.4 Å². The topological polar surface area (TPSA) is 38.3 Å². The van der Waals surface area contributed by atoms with Gasteiger partial charge in [0.15, 0.2) is 0 Å². The fourth-order valence-corrected chi connectivity index (χ4v) is 5.01. The first-order valence-electron chi connectivity index (χ1n) is 9.71. The molecule has 0 fully saturated rings. The number of anilines is 1. The molecule has 30 heavy (non-hydrogen) atoms. The van der Waals surface area contributed by atoms with Gasteiger partial charge in [0.1, 0.15) is 0 Å². The Hall–Kier alpha value is -2.08. The summed E-state index contributed by atoms with van der Waals surface area (Å²) in [5.74, 6) is 0.588. The van der Waals surface area contributed by atoms with Crippen LogP contribution in [-0.2, 0) is 9.53 Å². The van der Waals surface area contributed by atoms with Crippen molar-refractivity contribution in [3.63, 3.8) is 0 Å². The predicted molar refractivity (Wildman–Crippen MR) is 133 cm³/mol. The zero-order valence-corrected chi connectivity index (χ0v) is 19.5. The van der Waals surface area contributed by atoms with E-state index >= 15 is 0 Å². The number of ether oxygens (including phenoxy) is 1. The third kappa shape index (κ3) is 5.75. The number of carbonyl (C=O) groups excluding carboxylic acids is 1. The smallest absolute Gasteiger partial charge is 0.302 e. The molecule has 0 saturated carbocycles. The molecule has 3 aromatic carbocycles. The highest BCUT2D eigenvalue weighted by Crippen LogP contribution is 2.44. The number of halogens is 1. The summed E-state index contributed by atoms with van der Waals surface area (Å²) in [6.45, 7) is 5.04. The number of thioether (sulfide) groups is 1. The van der Waals surface area contributed by atoms with Crippen LogP contribution in [0, 0.1) is 0 Å². The zero-order chi connectivity index (χ0) is 21.7. The Labute approximate surface area is 192 Å². The molecule has 0 aromatic heterocycles. The Morgan fingerprint density at radius 3 is 2.57 bits per heavy atom. The first-order valence-corrected chi connectivity index (χ1v) is 11.5. The molecule has 1 atom stereocenters. The second kappa shape index (κ2) is 10.3. The van der Waals surface area contributed by atoms with E-state index in [9.17, 15) is 4.79 Å². The van der Waals surface area contributed by atoms with Crippen LogP contribution in [0.4, 0.5) is 5.69 Å². The second-order valence-electron chi connectivity index (χ2n) is 7.20. The van der Waals surface area contributed by atoms with Crippen LogP contribution in [0.1, 0.15) is 37.1 Å². The molecule has 1 N–H and O–H groups in total. The van der Waals surface area contributed by atoms with E-state index < -0.39 is 0 Å². The summed E-state index contributed by atoms with van der Waals surface area (Å²) in [6.07, 6.45) is 0.0255. The maximum atomic E-state index is 10.0. The van der Waals surface area contributed by atoms with Gasteiger partial charge in [0.2, 0.25) is 0 Å². The van der Waals surface area contributed by atoms with Crippen molar-refractivity contribution in [1.29, 1.82) is 0 Å². The van der Waals surface area contributed by atoms with Gasteiger partial charge in [0.25, 0.3) is 0 Å². The van der Waals surface area contributed by atoms with Crippen molar-refractivity contribution in [2.75, 3.05) is 11.1 Å². The number of carbonyl (C=O) groups is 1. The number of rotatable bonds is 2. The number of hydrogen-bond donors (Lipinski definition) is 1. The van der Waals surface area contributed by atoms with Crippen molar-refractivity contribution in [2.45, 2.75) is 32.1 Å². The van der Waals surface area contributed by atoms with Crippen LogP contribution in [0.2, 0.25) is 5.02 Å². The molecule has 1 aliphatic rings. The third-order valence-electron chi connectivity index (χ3n) is 4.46. The molecule has 0 saturated heterocycles. The molecule has 4 rings (SSSR count). The van der Waals surface area contributed by atoms with E-state index in [1.807, 2.05) is 37.7 Å². The van der Waals surface area contributed by atoms with Crippen LogP contribution in [0.5, 0.6) is 0 Å². The van der Waals surface area contributed by atoms with Gasteiger partial charge in [-0.15, -0.1) is 11.8 Å². The van der Waals surface area contributed by atoms with Gasteiger partial charge < -0.3 is 10.1 Å². The zero-order valence-electron chi connectivity index (χ0n) is 17.1. The minimum Gasteiger partial charge on any atom is -0.463 e. The lowest BCUT2D eigenvalue weighted by molar-refractivity contribution is -0.144. The molecule has 3 nitrogen and oxygen atoms in total. The largest absolute Gasteiger partial charge is 0.463 e. The lowest BCUT2D eigenvalue weighted by Gasteiger charge is -2.19. The van der Waals surface area contributed by atoms with Crippen molar-refractivity contribution < 1.29 is 9.53 Å². The molecular weight excluding hydrogens is 434 g/mol. The molecule has 0 radical (unpaired) electrons. The Bertz CT molecular complexity index is 1060. The lowest BCUT2D eigenvalue weighted by atomic mass is 9.97. The van der Waals surface area contributed by atoms with Crippen molar-refractivity contribution >= 4 is 63.0 Å². The van der Waals surface area contributed by atoms with Gasteiger partial charge in [0.05, 0.1) is 16.3 Å². The number of fused-ring (bicyclic) bond motifs is 2. The molecule has 0 spiro atoms.